The van der Waals surface area contributed by atoms with Crippen molar-refractivity contribution in [3.05, 3.63) is 69.4 Å². The summed E-state index contributed by atoms with van der Waals surface area (Å²) in [5, 5.41) is 10.1. The lowest BCUT2D eigenvalue weighted by atomic mass is 10.00. The molecule has 0 amide bonds. The van der Waals surface area contributed by atoms with Crippen LogP contribution in [0.15, 0.2) is 46.9 Å². The maximum absolute atomic E-state index is 13.4. The summed E-state index contributed by atoms with van der Waals surface area (Å²) in [5.74, 6) is -0.420. The normalized spacial score (nSPS) is 12.7. The van der Waals surface area contributed by atoms with E-state index in [0.717, 1.165) is 0 Å². The van der Waals surface area contributed by atoms with Crippen LogP contribution in [0.1, 0.15) is 29.2 Å². The van der Waals surface area contributed by atoms with Crippen LogP contribution in [0.25, 0.3) is 0 Å². The lowest BCUT2D eigenvalue weighted by Crippen LogP contribution is -2.04. The first-order valence-electron chi connectivity index (χ1n) is 5.98. The first-order valence-corrected chi connectivity index (χ1v) is 6.77. The Labute approximate surface area is 123 Å². The molecule has 0 saturated heterocycles. The number of halogens is 4. The van der Waals surface area contributed by atoms with Crippen LogP contribution in [-0.2, 0) is 6.42 Å². The summed E-state index contributed by atoms with van der Waals surface area (Å²) >= 11 is 3.11. The van der Waals surface area contributed by atoms with Crippen LogP contribution in [0.4, 0.5) is 13.2 Å². The molecule has 0 bridgehead atoms. The number of aliphatic hydroxyl groups is 1. The van der Waals surface area contributed by atoms with Crippen LogP contribution >= 0.6 is 15.9 Å². The molecule has 0 aliphatic rings. The number of hydrogen-bond acceptors (Lipinski definition) is 1. The first-order chi connectivity index (χ1) is 9.49. The molecule has 0 spiro atoms. The minimum atomic E-state index is -2.58. The summed E-state index contributed by atoms with van der Waals surface area (Å²) in [5.41, 5.74) is 0.832. The van der Waals surface area contributed by atoms with Gasteiger partial charge < -0.3 is 5.11 Å². The molecule has 0 radical (unpaired) electrons. The fraction of sp³-hybridized carbons (Fsp3) is 0.200. The molecule has 0 aliphatic carbocycles. The quantitative estimate of drug-likeness (QED) is 0.844. The Hall–Kier alpha value is -1.33. The zero-order chi connectivity index (χ0) is 14.7. The van der Waals surface area contributed by atoms with Crippen LogP contribution < -0.4 is 0 Å². The summed E-state index contributed by atoms with van der Waals surface area (Å²) in [6, 6.07) is 10.1. The number of hydrogen-bond donors (Lipinski definition) is 1. The second-order valence-corrected chi connectivity index (χ2v) is 5.20. The molecule has 0 heterocycles. The van der Waals surface area contributed by atoms with Crippen molar-refractivity contribution >= 4 is 15.9 Å². The molecule has 1 atom stereocenters. The minimum absolute atomic E-state index is 0.139. The third-order valence-corrected chi connectivity index (χ3v) is 3.88. The molecule has 1 N–H and O–H groups in total. The van der Waals surface area contributed by atoms with Gasteiger partial charge in [0.1, 0.15) is 5.82 Å². The number of alkyl halides is 2. The lowest BCUT2D eigenvalue weighted by molar-refractivity contribution is 0.149. The summed E-state index contributed by atoms with van der Waals surface area (Å²) in [6.07, 6.45) is -3.40. The number of aliphatic hydroxyl groups excluding tert-OH is 1. The minimum Gasteiger partial charge on any atom is -0.388 e. The van der Waals surface area contributed by atoms with E-state index in [1.807, 2.05) is 0 Å². The van der Waals surface area contributed by atoms with E-state index in [9.17, 15) is 18.3 Å². The Balaban J connectivity index is 2.21. The molecule has 5 heteroatoms. The Morgan fingerprint density at radius 1 is 1.05 bits per heavy atom. The van der Waals surface area contributed by atoms with Crippen molar-refractivity contribution in [1.82, 2.24) is 0 Å². The summed E-state index contributed by atoms with van der Waals surface area (Å²) in [7, 11) is 0. The topological polar surface area (TPSA) is 20.2 Å². The Kier molecular flexibility index (Phi) is 4.83. The maximum atomic E-state index is 13.4. The second kappa shape index (κ2) is 6.41. The number of rotatable bonds is 4. The summed E-state index contributed by atoms with van der Waals surface area (Å²) in [4.78, 5) is 0. The highest BCUT2D eigenvalue weighted by molar-refractivity contribution is 9.10. The van der Waals surface area contributed by atoms with Crippen molar-refractivity contribution in [3.63, 3.8) is 0 Å². The van der Waals surface area contributed by atoms with E-state index >= 15 is 0 Å². The van der Waals surface area contributed by atoms with E-state index < -0.39 is 18.3 Å². The van der Waals surface area contributed by atoms with Gasteiger partial charge in [-0.3, -0.25) is 0 Å². The number of benzene rings is 2. The fourth-order valence-corrected chi connectivity index (χ4v) is 2.36. The van der Waals surface area contributed by atoms with Crippen LogP contribution in [0.5, 0.6) is 0 Å². The van der Waals surface area contributed by atoms with Gasteiger partial charge in [-0.2, -0.15) is 0 Å². The third kappa shape index (κ3) is 3.41. The van der Waals surface area contributed by atoms with E-state index in [4.69, 9.17) is 0 Å². The molecule has 2 aromatic carbocycles. The molecule has 0 saturated carbocycles. The molecule has 0 aromatic heterocycles. The monoisotopic (exact) mass is 344 g/mol. The van der Waals surface area contributed by atoms with Crippen molar-refractivity contribution in [2.24, 2.45) is 0 Å². The van der Waals surface area contributed by atoms with Gasteiger partial charge in [-0.15, -0.1) is 0 Å². The van der Waals surface area contributed by atoms with Crippen molar-refractivity contribution < 1.29 is 18.3 Å². The van der Waals surface area contributed by atoms with Crippen LogP contribution in [0.3, 0.4) is 0 Å². The average Bonchev–Trinajstić information content (AvgIpc) is 2.44. The highest BCUT2D eigenvalue weighted by Gasteiger charge is 2.15. The Morgan fingerprint density at radius 2 is 1.70 bits per heavy atom. The van der Waals surface area contributed by atoms with Gasteiger partial charge in [-0.1, -0.05) is 30.3 Å². The summed E-state index contributed by atoms with van der Waals surface area (Å²) in [6.45, 7) is 0. The molecular weight excluding hydrogens is 333 g/mol. The molecular formula is C15H12BrF3O. The zero-order valence-electron chi connectivity index (χ0n) is 10.4. The third-order valence-electron chi connectivity index (χ3n) is 2.99. The van der Waals surface area contributed by atoms with Crippen LogP contribution in [0.2, 0.25) is 0 Å². The second-order valence-electron chi connectivity index (χ2n) is 4.40. The van der Waals surface area contributed by atoms with Gasteiger partial charge in [0.25, 0.3) is 6.43 Å². The Bertz CT molecular complexity index is 601. The molecule has 20 heavy (non-hydrogen) atoms. The van der Waals surface area contributed by atoms with E-state index in [0.29, 0.717) is 11.1 Å². The molecule has 0 aliphatic heterocycles. The van der Waals surface area contributed by atoms with Crippen molar-refractivity contribution in [2.45, 2.75) is 19.0 Å². The smallest absolute Gasteiger partial charge is 0.263 e. The maximum Gasteiger partial charge on any atom is 0.263 e. The fourth-order valence-electron chi connectivity index (χ4n) is 1.93. The van der Waals surface area contributed by atoms with Gasteiger partial charge in [0, 0.05) is 12.0 Å². The van der Waals surface area contributed by atoms with Gasteiger partial charge >= 0.3 is 0 Å². The van der Waals surface area contributed by atoms with Gasteiger partial charge in [-0.05, 0) is 39.2 Å². The van der Waals surface area contributed by atoms with E-state index in [2.05, 4.69) is 15.9 Å². The molecule has 2 aromatic rings. The lowest BCUT2D eigenvalue weighted by Gasteiger charge is -2.13. The van der Waals surface area contributed by atoms with E-state index in [1.165, 1.54) is 30.3 Å². The average molecular weight is 345 g/mol. The van der Waals surface area contributed by atoms with Crippen molar-refractivity contribution in [1.29, 1.82) is 0 Å². The molecule has 1 nitrogen and oxygen atoms in total. The Morgan fingerprint density at radius 3 is 2.40 bits per heavy atom. The summed E-state index contributed by atoms with van der Waals surface area (Å²) < 4.78 is 38.9. The highest BCUT2D eigenvalue weighted by Crippen LogP contribution is 2.28. The van der Waals surface area contributed by atoms with Crippen molar-refractivity contribution in [2.75, 3.05) is 0 Å². The standard InChI is InChI=1S/C15H12BrF3O/c16-14-10(4-2-6-12(14)17)8-13(20)9-3-1-5-11(7-9)15(18)19/h1-7,13,15,20H,8H2. The zero-order valence-corrected chi connectivity index (χ0v) is 11.9. The molecule has 1 unspecified atom stereocenters. The van der Waals surface area contributed by atoms with E-state index in [-0.39, 0.29) is 16.5 Å². The van der Waals surface area contributed by atoms with Crippen molar-refractivity contribution in [3.8, 4) is 0 Å². The first kappa shape index (κ1) is 15.1. The highest BCUT2D eigenvalue weighted by atomic mass is 79.9. The van der Waals surface area contributed by atoms with Crippen LogP contribution in [0, 0.1) is 5.82 Å². The van der Waals surface area contributed by atoms with Gasteiger partial charge in [-0.25, -0.2) is 13.2 Å². The molecule has 0 fully saturated rings. The largest absolute Gasteiger partial charge is 0.388 e. The molecule has 106 valence electrons. The van der Waals surface area contributed by atoms with Crippen LogP contribution in [-0.4, -0.2) is 5.11 Å². The van der Waals surface area contributed by atoms with E-state index in [1.54, 1.807) is 12.1 Å². The predicted molar refractivity (Wildman–Crippen MR) is 74.2 cm³/mol. The van der Waals surface area contributed by atoms with Gasteiger partial charge in [0.15, 0.2) is 0 Å². The SMILES string of the molecule is OC(Cc1cccc(F)c1Br)c1cccc(C(F)F)c1. The van der Waals surface area contributed by atoms with Gasteiger partial charge in [0.2, 0.25) is 0 Å². The predicted octanol–water partition coefficient (Wildman–Crippen LogP) is 4.80. The molecule has 2 rings (SSSR count). The van der Waals surface area contributed by atoms with Gasteiger partial charge in [0.05, 0.1) is 10.6 Å².